The maximum atomic E-state index is 13.7. The van der Waals surface area contributed by atoms with Crippen LogP contribution in [0.3, 0.4) is 0 Å². The SMILES string of the molecule is CN(C(=O)CSc1ccccc1C(=O)OCC(=O)Nc1c(F)cccc1F)C1CCCCC1. The fourth-order valence-electron chi connectivity index (χ4n) is 3.68. The van der Waals surface area contributed by atoms with Crippen molar-refractivity contribution in [1.82, 2.24) is 4.90 Å². The largest absolute Gasteiger partial charge is 0.452 e. The predicted octanol–water partition coefficient (Wildman–Crippen LogP) is 4.64. The molecule has 1 fully saturated rings. The molecule has 2 aromatic rings. The van der Waals surface area contributed by atoms with E-state index in [1.807, 2.05) is 7.05 Å². The smallest absolute Gasteiger partial charge is 0.339 e. The van der Waals surface area contributed by atoms with Crippen LogP contribution in [0.25, 0.3) is 0 Å². The van der Waals surface area contributed by atoms with Crippen LogP contribution in [0.1, 0.15) is 42.5 Å². The molecule has 176 valence electrons. The third-order valence-electron chi connectivity index (χ3n) is 5.54. The van der Waals surface area contributed by atoms with Gasteiger partial charge in [0.25, 0.3) is 5.91 Å². The Bertz CT molecular complexity index is 991. The van der Waals surface area contributed by atoms with E-state index in [0.717, 1.165) is 37.8 Å². The molecule has 0 aromatic heterocycles. The van der Waals surface area contributed by atoms with Crippen LogP contribution in [0.2, 0.25) is 0 Å². The summed E-state index contributed by atoms with van der Waals surface area (Å²) in [6, 6.07) is 10.1. The number of hydrogen-bond donors (Lipinski definition) is 1. The number of esters is 1. The van der Waals surface area contributed by atoms with Crippen molar-refractivity contribution in [2.45, 2.75) is 43.0 Å². The molecule has 0 atom stereocenters. The zero-order valence-electron chi connectivity index (χ0n) is 18.3. The van der Waals surface area contributed by atoms with Gasteiger partial charge in [0.15, 0.2) is 6.61 Å². The van der Waals surface area contributed by atoms with Crippen LogP contribution in [0.15, 0.2) is 47.4 Å². The summed E-state index contributed by atoms with van der Waals surface area (Å²) in [6.45, 7) is -0.713. The van der Waals surface area contributed by atoms with Gasteiger partial charge in [0.2, 0.25) is 5.91 Å². The van der Waals surface area contributed by atoms with Crippen LogP contribution >= 0.6 is 11.8 Å². The van der Waals surface area contributed by atoms with Crippen LogP contribution in [0, 0.1) is 11.6 Å². The summed E-state index contributed by atoms with van der Waals surface area (Å²) in [5, 5.41) is 2.06. The third kappa shape index (κ3) is 6.77. The molecule has 1 N–H and O–H groups in total. The molecule has 0 bridgehead atoms. The Morgan fingerprint density at radius 1 is 1.03 bits per heavy atom. The second kappa shape index (κ2) is 11.8. The number of halogens is 2. The summed E-state index contributed by atoms with van der Waals surface area (Å²) in [5.74, 6) is -3.35. The number of benzene rings is 2. The third-order valence-corrected chi connectivity index (χ3v) is 6.59. The van der Waals surface area contributed by atoms with E-state index < -0.39 is 35.8 Å². The lowest BCUT2D eigenvalue weighted by Crippen LogP contribution is -2.39. The first-order chi connectivity index (χ1) is 15.9. The van der Waals surface area contributed by atoms with Gasteiger partial charge < -0.3 is 15.0 Å². The molecular formula is C24H26F2N2O4S. The van der Waals surface area contributed by atoms with E-state index in [-0.39, 0.29) is 23.3 Å². The van der Waals surface area contributed by atoms with Gasteiger partial charge in [-0.15, -0.1) is 11.8 Å². The second-order valence-corrected chi connectivity index (χ2v) is 8.82. The summed E-state index contributed by atoms with van der Waals surface area (Å²) in [4.78, 5) is 39.5. The van der Waals surface area contributed by atoms with E-state index >= 15 is 0 Å². The maximum absolute atomic E-state index is 13.7. The highest BCUT2D eigenvalue weighted by molar-refractivity contribution is 8.00. The normalized spacial score (nSPS) is 13.9. The van der Waals surface area contributed by atoms with Gasteiger partial charge in [-0.2, -0.15) is 0 Å². The lowest BCUT2D eigenvalue weighted by Gasteiger charge is -2.31. The van der Waals surface area contributed by atoms with Crippen molar-refractivity contribution in [3.63, 3.8) is 0 Å². The fraction of sp³-hybridized carbons (Fsp3) is 0.375. The number of nitrogens with zero attached hydrogens (tertiary/aromatic N) is 1. The zero-order valence-corrected chi connectivity index (χ0v) is 19.1. The quantitative estimate of drug-likeness (QED) is 0.444. The van der Waals surface area contributed by atoms with Gasteiger partial charge in [-0.05, 0) is 37.1 Å². The van der Waals surface area contributed by atoms with E-state index in [9.17, 15) is 23.2 Å². The number of rotatable bonds is 8. The van der Waals surface area contributed by atoms with E-state index in [1.165, 1.54) is 30.3 Å². The molecule has 33 heavy (non-hydrogen) atoms. The minimum atomic E-state index is -0.931. The van der Waals surface area contributed by atoms with Crippen LogP contribution < -0.4 is 5.32 Å². The molecule has 0 radical (unpaired) electrons. The number of para-hydroxylation sites is 1. The molecule has 0 heterocycles. The molecular weight excluding hydrogens is 450 g/mol. The van der Waals surface area contributed by atoms with Crippen molar-refractivity contribution in [2.75, 3.05) is 24.7 Å². The monoisotopic (exact) mass is 476 g/mol. The highest BCUT2D eigenvalue weighted by Crippen LogP contribution is 2.26. The summed E-state index contributed by atoms with van der Waals surface area (Å²) in [5.41, 5.74) is -0.393. The van der Waals surface area contributed by atoms with E-state index in [2.05, 4.69) is 5.32 Å². The molecule has 6 nitrogen and oxygen atoms in total. The molecule has 0 spiro atoms. The van der Waals surface area contributed by atoms with Gasteiger partial charge in [-0.25, -0.2) is 13.6 Å². The number of hydrogen-bond acceptors (Lipinski definition) is 5. The summed E-state index contributed by atoms with van der Waals surface area (Å²) in [6.07, 6.45) is 5.47. The average molecular weight is 477 g/mol. The van der Waals surface area contributed by atoms with Gasteiger partial charge in [0.05, 0.1) is 11.3 Å². The Morgan fingerprint density at radius 2 is 1.70 bits per heavy atom. The number of ether oxygens (including phenoxy) is 1. The van der Waals surface area contributed by atoms with Crippen molar-refractivity contribution in [2.24, 2.45) is 0 Å². The van der Waals surface area contributed by atoms with Crippen LogP contribution in [0.4, 0.5) is 14.5 Å². The number of nitrogens with one attached hydrogen (secondary N) is 1. The molecule has 0 unspecified atom stereocenters. The van der Waals surface area contributed by atoms with Crippen LogP contribution in [-0.4, -0.2) is 48.1 Å². The summed E-state index contributed by atoms with van der Waals surface area (Å²) >= 11 is 1.22. The predicted molar refractivity (Wildman–Crippen MR) is 122 cm³/mol. The Balaban J connectivity index is 1.55. The minimum absolute atomic E-state index is 0.0126. The minimum Gasteiger partial charge on any atom is -0.452 e. The van der Waals surface area contributed by atoms with Gasteiger partial charge in [-0.1, -0.05) is 37.5 Å². The lowest BCUT2D eigenvalue weighted by atomic mass is 9.94. The van der Waals surface area contributed by atoms with Crippen molar-refractivity contribution < 1.29 is 27.9 Å². The molecule has 2 amide bonds. The second-order valence-electron chi connectivity index (χ2n) is 7.80. The zero-order chi connectivity index (χ0) is 23.8. The molecule has 0 saturated heterocycles. The first-order valence-corrected chi connectivity index (χ1v) is 11.7. The van der Waals surface area contributed by atoms with E-state index in [4.69, 9.17) is 4.74 Å². The molecule has 1 aliphatic rings. The highest BCUT2D eigenvalue weighted by Gasteiger charge is 2.23. The Labute approximate surface area is 195 Å². The van der Waals surface area contributed by atoms with E-state index in [1.54, 1.807) is 23.1 Å². The van der Waals surface area contributed by atoms with Gasteiger partial charge in [-0.3, -0.25) is 9.59 Å². The van der Waals surface area contributed by atoms with Crippen LogP contribution in [-0.2, 0) is 14.3 Å². The lowest BCUT2D eigenvalue weighted by molar-refractivity contribution is -0.129. The van der Waals surface area contributed by atoms with Gasteiger partial charge >= 0.3 is 5.97 Å². The van der Waals surface area contributed by atoms with E-state index in [0.29, 0.717) is 4.90 Å². The highest BCUT2D eigenvalue weighted by atomic mass is 32.2. The number of carbonyl (C=O) groups excluding carboxylic acids is 3. The Morgan fingerprint density at radius 3 is 2.39 bits per heavy atom. The summed E-state index contributed by atoms with van der Waals surface area (Å²) in [7, 11) is 1.82. The molecule has 0 aliphatic heterocycles. The topological polar surface area (TPSA) is 75.7 Å². The number of amides is 2. The molecule has 2 aromatic carbocycles. The Kier molecular flexibility index (Phi) is 8.82. The van der Waals surface area contributed by atoms with Gasteiger partial charge in [0.1, 0.15) is 17.3 Å². The van der Waals surface area contributed by atoms with Crippen molar-refractivity contribution in [3.05, 3.63) is 59.7 Å². The first kappa shape index (κ1) is 24.7. The fourth-order valence-corrected chi connectivity index (χ4v) is 4.64. The summed E-state index contributed by atoms with van der Waals surface area (Å²) < 4.78 is 32.3. The van der Waals surface area contributed by atoms with Gasteiger partial charge in [0, 0.05) is 18.0 Å². The molecule has 1 aliphatic carbocycles. The molecule has 1 saturated carbocycles. The van der Waals surface area contributed by atoms with Crippen molar-refractivity contribution >= 4 is 35.2 Å². The standard InChI is InChI=1S/C24H26F2N2O4S/c1-28(16-8-3-2-4-9-16)22(30)15-33-20-13-6-5-10-17(20)24(31)32-14-21(29)27-23-18(25)11-7-12-19(23)26/h5-7,10-13,16H,2-4,8-9,14-15H2,1H3,(H,27,29). The average Bonchev–Trinajstić information content (AvgIpc) is 2.83. The first-order valence-electron chi connectivity index (χ1n) is 10.7. The number of thioether (sulfide) groups is 1. The Hall–Kier alpha value is -2.94. The number of anilines is 1. The number of carbonyl (C=O) groups is 3. The maximum Gasteiger partial charge on any atom is 0.339 e. The molecule has 3 rings (SSSR count). The van der Waals surface area contributed by atoms with Crippen molar-refractivity contribution in [3.8, 4) is 0 Å². The molecule has 9 heteroatoms. The van der Waals surface area contributed by atoms with Crippen molar-refractivity contribution in [1.29, 1.82) is 0 Å². The van der Waals surface area contributed by atoms with Crippen LogP contribution in [0.5, 0.6) is 0 Å².